The Morgan fingerprint density at radius 3 is 2.42 bits per heavy atom. The summed E-state index contributed by atoms with van der Waals surface area (Å²) in [4.78, 5) is 8.40. The summed E-state index contributed by atoms with van der Waals surface area (Å²) in [6.45, 7) is 4.70. The van der Waals surface area contributed by atoms with Crippen LogP contribution < -0.4 is 5.32 Å². The Balaban J connectivity index is 2.92. The summed E-state index contributed by atoms with van der Waals surface area (Å²) in [7, 11) is 0. The molecule has 3 nitrogen and oxygen atoms in total. The first kappa shape index (κ1) is 16.5. The number of rotatable bonds is 6. The second-order valence-electron chi connectivity index (χ2n) is 4.14. The number of hydrogen-bond donors (Lipinski definition) is 1. The summed E-state index contributed by atoms with van der Waals surface area (Å²) in [5.41, 5.74) is 0.798. The molecule has 0 aliphatic carbocycles. The molecule has 1 aromatic rings. The van der Waals surface area contributed by atoms with E-state index in [0.717, 1.165) is 22.2 Å². The molecule has 0 fully saturated rings. The van der Waals surface area contributed by atoms with Gasteiger partial charge in [0.05, 0.1) is 15.7 Å². The van der Waals surface area contributed by atoms with Gasteiger partial charge in [-0.15, -0.1) is 0 Å². The average Bonchev–Trinajstić information content (AvgIpc) is 2.35. The van der Waals surface area contributed by atoms with Crippen LogP contribution in [0.4, 0.5) is 19.0 Å². The SMILES string of the molecule is CCCNc1nc(CCC(F)(F)F)nc(CC)c1I. The zero-order chi connectivity index (χ0) is 14.5. The number of nitrogens with zero attached hydrogens (tertiary/aromatic N) is 2. The van der Waals surface area contributed by atoms with Crippen molar-refractivity contribution in [3.05, 3.63) is 15.1 Å². The molecule has 1 aromatic heterocycles. The number of nitrogens with one attached hydrogen (secondary N) is 1. The maximum atomic E-state index is 12.2. The molecule has 0 saturated heterocycles. The monoisotopic (exact) mass is 387 g/mol. The van der Waals surface area contributed by atoms with E-state index < -0.39 is 12.6 Å². The van der Waals surface area contributed by atoms with Gasteiger partial charge in [-0.05, 0) is 35.4 Å². The molecule has 0 unspecified atom stereocenters. The van der Waals surface area contributed by atoms with Crippen LogP contribution >= 0.6 is 22.6 Å². The van der Waals surface area contributed by atoms with Crippen LogP contribution in [0.3, 0.4) is 0 Å². The Morgan fingerprint density at radius 2 is 1.89 bits per heavy atom. The van der Waals surface area contributed by atoms with E-state index in [1.54, 1.807) is 0 Å². The van der Waals surface area contributed by atoms with Gasteiger partial charge >= 0.3 is 6.18 Å². The van der Waals surface area contributed by atoms with E-state index in [-0.39, 0.29) is 12.2 Å². The van der Waals surface area contributed by atoms with Gasteiger partial charge in [0, 0.05) is 13.0 Å². The lowest BCUT2D eigenvalue weighted by atomic mass is 10.2. The third-order valence-corrected chi connectivity index (χ3v) is 3.61. The molecule has 1 heterocycles. The minimum Gasteiger partial charge on any atom is -0.369 e. The number of aryl methyl sites for hydroxylation is 2. The van der Waals surface area contributed by atoms with Gasteiger partial charge in [0.1, 0.15) is 11.6 Å². The third kappa shape index (κ3) is 5.50. The maximum absolute atomic E-state index is 12.2. The second kappa shape index (κ2) is 7.25. The fourth-order valence-corrected chi connectivity index (χ4v) is 2.32. The average molecular weight is 387 g/mol. The molecule has 0 saturated carbocycles. The van der Waals surface area contributed by atoms with Crippen LogP contribution in [0.15, 0.2) is 0 Å². The molecule has 0 spiro atoms. The second-order valence-corrected chi connectivity index (χ2v) is 5.22. The number of aromatic nitrogens is 2. The van der Waals surface area contributed by atoms with Crippen molar-refractivity contribution in [2.24, 2.45) is 0 Å². The number of alkyl halides is 3. The predicted octanol–water partition coefficient (Wildman–Crippen LogP) is 3.96. The van der Waals surface area contributed by atoms with Crippen molar-refractivity contribution in [2.75, 3.05) is 11.9 Å². The molecule has 0 atom stereocenters. The molecule has 0 amide bonds. The zero-order valence-corrected chi connectivity index (χ0v) is 13.1. The van der Waals surface area contributed by atoms with E-state index in [0.29, 0.717) is 12.2 Å². The van der Waals surface area contributed by atoms with Crippen molar-refractivity contribution in [1.29, 1.82) is 0 Å². The normalized spacial score (nSPS) is 11.7. The molecule has 1 N–H and O–H groups in total. The molecular weight excluding hydrogens is 370 g/mol. The molecule has 0 radical (unpaired) electrons. The van der Waals surface area contributed by atoms with Crippen molar-refractivity contribution in [3.8, 4) is 0 Å². The molecular formula is C12H17F3IN3. The zero-order valence-electron chi connectivity index (χ0n) is 10.9. The van der Waals surface area contributed by atoms with Gasteiger partial charge in [-0.2, -0.15) is 13.2 Å². The van der Waals surface area contributed by atoms with Crippen molar-refractivity contribution >= 4 is 28.4 Å². The number of anilines is 1. The topological polar surface area (TPSA) is 37.8 Å². The highest BCUT2D eigenvalue weighted by Crippen LogP contribution is 2.24. The van der Waals surface area contributed by atoms with Gasteiger partial charge in [-0.25, -0.2) is 9.97 Å². The molecule has 0 bridgehead atoms. The van der Waals surface area contributed by atoms with Gasteiger partial charge in [0.15, 0.2) is 0 Å². The van der Waals surface area contributed by atoms with Crippen LogP contribution in [-0.2, 0) is 12.8 Å². The van der Waals surface area contributed by atoms with Crippen LogP contribution in [0.25, 0.3) is 0 Å². The first-order valence-electron chi connectivity index (χ1n) is 6.23. The highest BCUT2D eigenvalue weighted by molar-refractivity contribution is 14.1. The Bertz CT molecular complexity index is 421. The van der Waals surface area contributed by atoms with E-state index in [1.807, 2.05) is 13.8 Å². The van der Waals surface area contributed by atoms with E-state index in [2.05, 4.69) is 37.9 Å². The number of hydrogen-bond acceptors (Lipinski definition) is 3. The quantitative estimate of drug-likeness (QED) is 0.751. The van der Waals surface area contributed by atoms with Crippen LogP contribution in [0.1, 0.15) is 38.2 Å². The van der Waals surface area contributed by atoms with Crippen molar-refractivity contribution in [2.45, 2.75) is 45.7 Å². The highest BCUT2D eigenvalue weighted by Gasteiger charge is 2.27. The van der Waals surface area contributed by atoms with E-state index >= 15 is 0 Å². The lowest BCUT2D eigenvalue weighted by Crippen LogP contribution is -2.14. The minimum absolute atomic E-state index is 0.172. The summed E-state index contributed by atoms with van der Waals surface area (Å²) in [5.74, 6) is 0.902. The van der Waals surface area contributed by atoms with Crippen molar-refractivity contribution in [1.82, 2.24) is 9.97 Å². The van der Waals surface area contributed by atoms with Gasteiger partial charge < -0.3 is 5.32 Å². The van der Waals surface area contributed by atoms with E-state index in [9.17, 15) is 13.2 Å². The lowest BCUT2D eigenvalue weighted by molar-refractivity contribution is -0.134. The van der Waals surface area contributed by atoms with Crippen LogP contribution in [0.2, 0.25) is 0 Å². The minimum atomic E-state index is -4.17. The van der Waals surface area contributed by atoms with E-state index in [4.69, 9.17) is 0 Å². The van der Waals surface area contributed by atoms with Gasteiger partial charge in [0.2, 0.25) is 0 Å². The van der Waals surface area contributed by atoms with Crippen LogP contribution in [0.5, 0.6) is 0 Å². The standard InChI is InChI=1S/C12H17F3IN3/c1-3-7-17-11-10(16)8(4-2)18-9(19-11)5-6-12(13,14)15/h3-7H2,1-2H3,(H,17,18,19). The van der Waals surface area contributed by atoms with Crippen LogP contribution in [-0.4, -0.2) is 22.7 Å². The number of halogens is 4. The lowest BCUT2D eigenvalue weighted by Gasteiger charge is -2.12. The maximum Gasteiger partial charge on any atom is 0.389 e. The summed E-state index contributed by atoms with van der Waals surface area (Å²) < 4.78 is 37.6. The molecule has 108 valence electrons. The fourth-order valence-electron chi connectivity index (χ4n) is 1.50. The van der Waals surface area contributed by atoms with Crippen molar-refractivity contribution in [3.63, 3.8) is 0 Å². The molecule has 0 aliphatic heterocycles. The van der Waals surface area contributed by atoms with Crippen molar-refractivity contribution < 1.29 is 13.2 Å². The Hall–Kier alpha value is -0.600. The molecule has 0 aliphatic rings. The Morgan fingerprint density at radius 1 is 1.21 bits per heavy atom. The Labute approximate surface area is 124 Å². The third-order valence-electron chi connectivity index (χ3n) is 2.48. The summed E-state index contributed by atoms with van der Waals surface area (Å²) in [6, 6.07) is 0. The first-order valence-corrected chi connectivity index (χ1v) is 7.31. The van der Waals surface area contributed by atoms with Crippen LogP contribution in [0, 0.1) is 3.57 Å². The summed E-state index contributed by atoms with van der Waals surface area (Å²) in [6.07, 6.45) is -3.62. The smallest absolute Gasteiger partial charge is 0.369 e. The molecule has 7 heteroatoms. The highest BCUT2D eigenvalue weighted by atomic mass is 127. The summed E-state index contributed by atoms with van der Waals surface area (Å²) >= 11 is 2.13. The largest absolute Gasteiger partial charge is 0.389 e. The van der Waals surface area contributed by atoms with Gasteiger partial charge in [-0.3, -0.25) is 0 Å². The van der Waals surface area contributed by atoms with Gasteiger partial charge in [0.25, 0.3) is 0 Å². The molecule has 19 heavy (non-hydrogen) atoms. The first-order chi connectivity index (χ1) is 8.87. The fraction of sp³-hybridized carbons (Fsp3) is 0.667. The Kier molecular flexibility index (Phi) is 6.28. The van der Waals surface area contributed by atoms with Gasteiger partial charge in [-0.1, -0.05) is 13.8 Å². The molecule has 0 aromatic carbocycles. The van der Waals surface area contributed by atoms with E-state index in [1.165, 1.54) is 0 Å². The molecule has 1 rings (SSSR count). The summed E-state index contributed by atoms with van der Waals surface area (Å²) in [5, 5.41) is 3.14. The predicted molar refractivity (Wildman–Crippen MR) is 77.3 cm³/mol.